The van der Waals surface area contributed by atoms with E-state index in [1.54, 1.807) is 12.5 Å². The van der Waals surface area contributed by atoms with Crippen molar-refractivity contribution in [2.75, 3.05) is 25.0 Å². The summed E-state index contributed by atoms with van der Waals surface area (Å²) in [6.45, 7) is 13.5. The van der Waals surface area contributed by atoms with Gasteiger partial charge in [0.2, 0.25) is 0 Å². The molecule has 180 valence electrons. The van der Waals surface area contributed by atoms with Crippen molar-refractivity contribution in [1.29, 1.82) is 0 Å². The zero-order valence-electron chi connectivity index (χ0n) is 19.7. The van der Waals surface area contributed by atoms with Crippen LogP contribution in [0.2, 0.25) is 0 Å². The summed E-state index contributed by atoms with van der Waals surface area (Å²) in [5.74, 6) is 2.43. The first kappa shape index (κ1) is 28.2. The van der Waals surface area contributed by atoms with Gasteiger partial charge in [0, 0.05) is 30.7 Å². The van der Waals surface area contributed by atoms with E-state index in [0.717, 1.165) is 31.7 Å². The molecule has 3 rings (SSSR count). The second kappa shape index (κ2) is 12.4. The summed E-state index contributed by atoms with van der Waals surface area (Å²) in [6.07, 6.45) is 5.42. The molecule has 1 saturated heterocycles. The van der Waals surface area contributed by atoms with Gasteiger partial charge in [0.05, 0.1) is 12.8 Å². The number of nitrogens with one attached hydrogen (secondary N) is 2. The lowest BCUT2D eigenvalue weighted by atomic mass is 9.95. The summed E-state index contributed by atoms with van der Waals surface area (Å²) < 4.78 is 5.44. The number of furan rings is 1. The van der Waals surface area contributed by atoms with Gasteiger partial charge in [-0.15, -0.1) is 24.8 Å². The fourth-order valence-electron chi connectivity index (χ4n) is 3.66. The van der Waals surface area contributed by atoms with E-state index >= 15 is 0 Å². The van der Waals surface area contributed by atoms with Crippen LogP contribution in [-0.2, 0) is 12.0 Å². The fraction of sp³-hybridized carbons (Fsp3) is 0.609. The van der Waals surface area contributed by atoms with E-state index < -0.39 is 0 Å². The SMILES string of the molecule is CC(C)CN(C(=O)c1cnc(C(C)(C)C)nc1NCc1ccco1)[C@H]1CCCNC1.Cl.Cl. The number of carbonyl (C=O) groups excluding carboxylic acids is 1. The van der Waals surface area contributed by atoms with Crippen LogP contribution in [0.5, 0.6) is 0 Å². The molecule has 1 amide bonds. The van der Waals surface area contributed by atoms with E-state index in [-0.39, 0.29) is 42.2 Å². The van der Waals surface area contributed by atoms with Gasteiger partial charge in [-0.3, -0.25) is 4.79 Å². The van der Waals surface area contributed by atoms with E-state index in [2.05, 4.69) is 50.2 Å². The maximum atomic E-state index is 13.7. The highest BCUT2D eigenvalue weighted by Crippen LogP contribution is 2.25. The Bertz CT molecular complexity index is 831. The Labute approximate surface area is 204 Å². The van der Waals surface area contributed by atoms with Gasteiger partial charge in [-0.2, -0.15) is 0 Å². The van der Waals surface area contributed by atoms with Crippen molar-refractivity contribution in [3.05, 3.63) is 41.7 Å². The number of piperidine rings is 1. The average molecular weight is 486 g/mol. The van der Waals surface area contributed by atoms with Crippen molar-refractivity contribution >= 4 is 36.5 Å². The number of hydrogen-bond donors (Lipinski definition) is 2. The van der Waals surface area contributed by atoms with Gasteiger partial charge in [0.25, 0.3) is 5.91 Å². The Morgan fingerprint density at radius 2 is 2.09 bits per heavy atom. The van der Waals surface area contributed by atoms with Crippen molar-refractivity contribution < 1.29 is 9.21 Å². The maximum absolute atomic E-state index is 13.7. The molecule has 1 aliphatic rings. The molecule has 9 heteroatoms. The van der Waals surface area contributed by atoms with Crippen LogP contribution in [-0.4, -0.2) is 46.5 Å². The first-order valence-corrected chi connectivity index (χ1v) is 10.9. The molecular formula is C23H37Cl2N5O2. The predicted octanol–water partition coefficient (Wildman–Crippen LogP) is 4.67. The van der Waals surface area contributed by atoms with E-state index in [4.69, 9.17) is 9.40 Å². The molecule has 0 bridgehead atoms. The highest BCUT2D eigenvalue weighted by Gasteiger charge is 2.30. The lowest BCUT2D eigenvalue weighted by molar-refractivity contribution is 0.0620. The minimum absolute atomic E-state index is 0. The van der Waals surface area contributed by atoms with E-state index in [1.165, 1.54) is 0 Å². The second-order valence-electron chi connectivity index (χ2n) is 9.49. The highest BCUT2D eigenvalue weighted by atomic mass is 35.5. The molecule has 0 spiro atoms. The third-order valence-electron chi connectivity index (χ3n) is 5.23. The van der Waals surface area contributed by atoms with Crippen LogP contribution in [0.3, 0.4) is 0 Å². The third-order valence-corrected chi connectivity index (χ3v) is 5.23. The van der Waals surface area contributed by atoms with Crippen LogP contribution < -0.4 is 10.6 Å². The summed E-state index contributed by atoms with van der Waals surface area (Å²) in [4.78, 5) is 25.0. The van der Waals surface area contributed by atoms with Crippen LogP contribution in [0.15, 0.2) is 29.0 Å². The van der Waals surface area contributed by atoms with Crippen LogP contribution in [0, 0.1) is 5.92 Å². The van der Waals surface area contributed by atoms with Crippen molar-refractivity contribution in [2.24, 2.45) is 5.92 Å². The summed E-state index contributed by atoms with van der Waals surface area (Å²) >= 11 is 0. The molecule has 2 aromatic heterocycles. The van der Waals surface area contributed by atoms with E-state index in [9.17, 15) is 4.79 Å². The molecule has 0 aromatic carbocycles. The van der Waals surface area contributed by atoms with Gasteiger partial charge < -0.3 is 20.0 Å². The van der Waals surface area contributed by atoms with Gasteiger partial charge in [-0.1, -0.05) is 34.6 Å². The number of nitrogens with zero attached hydrogens (tertiary/aromatic N) is 3. The molecule has 1 aliphatic heterocycles. The Morgan fingerprint density at radius 3 is 2.66 bits per heavy atom. The quantitative estimate of drug-likeness (QED) is 0.592. The van der Waals surface area contributed by atoms with Gasteiger partial charge in [-0.05, 0) is 37.4 Å². The number of amides is 1. The van der Waals surface area contributed by atoms with E-state index in [1.807, 2.05) is 17.0 Å². The molecule has 0 unspecified atom stereocenters. The largest absolute Gasteiger partial charge is 0.467 e. The summed E-state index contributed by atoms with van der Waals surface area (Å²) in [5, 5.41) is 6.74. The smallest absolute Gasteiger partial charge is 0.259 e. The molecular weight excluding hydrogens is 449 g/mol. The Morgan fingerprint density at radius 1 is 1.34 bits per heavy atom. The molecule has 1 fully saturated rings. The molecule has 2 N–H and O–H groups in total. The minimum Gasteiger partial charge on any atom is -0.467 e. The molecule has 3 heterocycles. The molecule has 1 atom stereocenters. The number of hydrogen-bond acceptors (Lipinski definition) is 6. The normalized spacial score (nSPS) is 16.1. The lowest BCUT2D eigenvalue weighted by Crippen LogP contribution is -2.50. The molecule has 7 nitrogen and oxygen atoms in total. The number of halogens is 2. The number of carbonyl (C=O) groups is 1. The summed E-state index contributed by atoms with van der Waals surface area (Å²) in [5.41, 5.74) is 0.300. The van der Waals surface area contributed by atoms with Crippen LogP contribution >= 0.6 is 24.8 Å². The van der Waals surface area contributed by atoms with Crippen LogP contribution in [0.25, 0.3) is 0 Å². The lowest BCUT2D eigenvalue weighted by Gasteiger charge is -2.36. The van der Waals surface area contributed by atoms with Crippen molar-refractivity contribution in [3.8, 4) is 0 Å². The first-order chi connectivity index (χ1) is 14.3. The standard InChI is InChI=1S/C23H35N5O2.2ClH/c1-16(2)15-28(17-8-6-10-24-12-17)21(29)19-14-26-22(23(3,4)5)27-20(19)25-13-18-9-7-11-30-18;;/h7,9,11,14,16-17,24H,6,8,10,12-13,15H2,1-5H3,(H,25,26,27);2*1H/t17-;;/m0../s1. The van der Waals surface area contributed by atoms with Gasteiger partial charge in [-0.25, -0.2) is 9.97 Å². The topological polar surface area (TPSA) is 83.3 Å². The third kappa shape index (κ3) is 7.36. The Hall–Kier alpha value is -1.83. The van der Waals surface area contributed by atoms with Crippen molar-refractivity contribution in [1.82, 2.24) is 20.2 Å². The molecule has 0 saturated carbocycles. The zero-order chi connectivity index (χ0) is 21.7. The highest BCUT2D eigenvalue weighted by molar-refractivity contribution is 5.98. The Kier molecular flexibility index (Phi) is 10.9. The zero-order valence-corrected chi connectivity index (χ0v) is 21.3. The van der Waals surface area contributed by atoms with Crippen molar-refractivity contribution in [3.63, 3.8) is 0 Å². The monoisotopic (exact) mass is 485 g/mol. The molecule has 2 aromatic rings. The van der Waals surface area contributed by atoms with Crippen molar-refractivity contribution in [2.45, 2.75) is 65.5 Å². The fourth-order valence-corrected chi connectivity index (χ4v) is 3.66. The number of aromatic nitrogens is 2. The molecule has 32 heavy (non-hydrogen) atoms. The number of rotatable bonds is 7. The summed E-state index contributed by atoms with van der Waals surface area (Å²) in [7, 11) is 0. The summed E-state index contributed by atoms with van der Waals surface area (Å²) in [6, 6.07) is 3.94. The maximum Gasteiger partial charge on any atom is 0.259 e. The predicted molar refractivity (Wildman–Crippen MR) is 133 cm³/mol. The Balaban J connectivity index is 0.00000256. The molecule has 0 radical (unpaired) electrons. The number of anilines is 1. The van der Waals surface area contributed by atoms with Crippen LogP contribution in [0.1, 0.15) is 69.4 Å². The van der Waals surface area contributed by atoms with Gasteiger partial charge in [0.1, 0.15) is 23.0 Å². The molecule has 0 aliphatic carbocycles. The second-order valence-corrected chi connectivity index (χ2v) is 9.49. The van der Waals surface area contributed by atoms with E-state index in [0.29, 0.717) is 36.2 Å². The minimum atomic E-state index is -0.215. The average Bonchev–Trinajstić information content (AvgIpc) is 3.23. The first-order valence-electron chi connectivity index (χ1n) is 10.9. The van der Waals surface area contributed by atoms with Gasteiger partial charge >= 0.3 is 0 Å². The van der Waals surface area contributed by atoms with Crippen LogP contribution in [0.4, 0.5) is 5.82 Å². The van der Waals surface area contributed by atoms with Gasteiger partial charge in [0.15, 0.2) is 0 Å².